The van der Waals surface area contributed by atoms with Gasteiger partial charge in [-0.2, -0.15) is 5.06 Å². The molecule has 0 spiro atoms. The van der Waals surface area contributed by atoms with Gasteiger partial charge in [0, 0.05) is 0 Å². The molecule has 0 N–H and O–H groups in total. The lowest BCUT2D eigenvalue weighted by atomic mass is 10.2. The van der Waals surface area contributed by atoms with E-state index in [9.17, 15) is 4.79 Å². The first-order chi connectivity index (χ1) is 9.31. The first-order valence-corrected chi connectivity index (χ1v) is 5.91. The number of hydrogen-bond acceptors (Lipinski definition) is 3. The van der Waals surface area contributed by atoms with Crippen LogP contribution in [0.5, 0.6) is 0 Å². The highest BCUT2D eigenvalue weighted by molar-refractivity contribution is 5.85. The van der Waals surface area contributed by atoms with Crippen molar-refractivity contribution < 1.29 is 14.4 Å². The van der Waals surface area contributed by atoms with Crippen molar-refractivity contribution in [2.24, 2.45) is 0 Å². The highest BCUT2D eigenvalue weighted by Crippen LogP contribution is 2.15. The maximum absolute atomic E-state index is 11.9. The Balaban J connectivity index is 1.98. The van der Waals surface area contributed by atoms with Gasteiger partial charge in [0.15, 0.2) is 0 Å². The monoisotopic (exact) mass is 257 g/mol. The summed E-state index contributed by atoms with van der Waals surface area (Å²) in [4.78, 5) is 17.0. The van der Waals surface area contributed by atoms with Gasteiger partial charge < -0.3 is 4.74 Å². The molecule has 19 heavy (non-hydrogen) atoms. The number of amides is 1. The van der Waals surface area contributed by atoms with E-state index in [1.807, 2.05) is 48.5 Å². The zero-order valence-electron chi connectivity index (χ0n) is 10.7. The summed E-state index contributed by atoms with van der Waals surface area (Å²) in [6.45, 7) is 0.215. The molecule has 4 nitrogen and oxygen atoms in total. The molecule has 0 bridgehead atoms. The fourth-order valence-electron chi connectivity index (χ4n) is 1.63. The van der Waals surface area contributed by atoms with E-state index in [0.29, 0.717) is 5.69 Å². The Bertz CT molecular complexity index is 513. The number of rotatable bonds is 4. The molecule has 2 rings (SSSR count). The molecule has 0 atom stereocenters. The number of para-hydroxylation sites is 1. The Morgan fingerprint density at radius 3 is 2.16 bits per heavy atom. The van der Waals surface area contributed by atoms with Crippen molar-refractivity contribution in [2.75, 3.05) is 12.2 Å². The van der Waals surface area contributed by atoms with Crippen LogP contribution in [0.25, 0.3) is 0 Å². The van der Waals surface area contributed by atoms with Crippen LogP contribution >= 0.6 is 0 Å². The van der Waals surface area contributed by atoms with Gasteiger partial charge in [0.25, 0.3) is 0 Å². The van der Waals surface area contributed by atoms with Crippen molar-refractivity contribution in [3.63, 3.8) is 0 Å². The van der Waals surface area contributed by atoms with Crippen molar-refractivity contribution in [3.05, 3.63) is 66.2 Å². The minimum absolute atomic E-state index is 0.215. The van der Waals surface area contributed by atoms with E-state index in [1.54, 1.807) is 12.1 Å². The van der Waals surface area contributed by atoms with E-state index in [-0.39, 0.29) is 6.61 Å². The van der Waals surface area contributed by atoms with Gasteiger partial charge in [-0.15, -0.1) is 0 Å². The van der Waals surface area contributed by atoms with Crippen molar-refractivity contribution >= 4 is 11.8 Å². The minimum atomic E-state index is -0.544. The van der Waals surface area contributed by atoms with Crippen molar-refractivity contribution in [1.82, 2.24) is 0 Å². The summed E-state index contributed by atoms with van der Waals surface area (Å²) in [5.74, 6) is 0. The molecule has 0 unspecified atom stereocenters. The van der Waals surface area contributed by atoms with Crippen LogP contribution in [0.3, 0.4) is 0 Å². The summed E-state index contributed by atoms with van der Waals surface area (Å²) in [7, 11) is 1.43. The number of carbonyl (C=O) groups is 1. The second-order valence-electron chi connectivity index (χ2n) is 3.85. The number of hydroxylamine groups is 1. The van der Waals surface area contributed by atoms with E-state index in [4.69, 9.17) is 9.57 Å². The number of ether oxygens (including phenoxy) is 1. The molecule has 2 aromatic rings. The van der Waals surface area contributed by atoms with Gasteiger partial charge in [0.1, 0.15) is 6.61 Å². The lowest BCUT2D eigenvalue weighted by molar-refractivity contribution is 0.0954. The Hall–Kier alpha value is -2.33. The molecule has 1 amide bonds. The Morgan fingerprint density at radius 2 is 1.58 bits per heavy atom. The summed E-state index contributed by atoms with van der Waals surface area (Å²) in [6.07, 6.45) is -0.544. The van der Waals surface area contributed by atoms with Gasteiger partial charge >= 0.3 is 6.09 Å². The Morgan fingerprint density at radius 1 is 1.00 bits per heavy atom. The number of carbonyl (C=O) groups excluding carboxylic acids is 1. The molecule has 0 aliphatic heterocycles. The van der Waals surface area contributed by atoms with Crippen LogP contribution in [0, 0.1) is 0 Å². The average Bonchev–Trinajstić information content (AvgIpc) is 2.48. The number of anilines is 1. The summed E-state index contributed by atoms with van der Waals surface area (Å²) in [6, 6.07) is 18.6. The van der Waals surface area contributed by atoms with E-state index in [1.165, 1.54) is 7.11 Å². The summed E-state index contributed by atoms with van der Waals surface area (Å²) in [5.41, 5.74) is 1.56. The molecule has 0 saturated heterocycles. The molecular formula is C15H15NO3. The van der Waals surface area contributed by atoms with E-state index >= 15 is 0 Å². The van der Waals surface area contributed by atoms with Gasteiger partial charge in [-0.1, -0.05) is 48.5 Å². The van der Waals surface area contributed by atoms with Crippen molar-refractivity contribution in [2.45, 2.75) is 6.61 Å². The quantitative estimate of drug-likeness (QED) is 0.788. The predicted octanol–water partition coefficient (Wildman–Crippen LogP) is 3.39. The highest BCUT2D eigenvalue weighted by atomic mass is 16.7. The van der Waals surface area contributed by atoms with Crippen molar-refractivity contribution in [1.29, 1.82) is 0 Å². The molecular weight excluding hydrogens is 242 g/mol. The lowest BCUT2D eigenvalue weighted by Gasteiger charge is -2.19. The van der Waals surface area contributed by atoms with E-state index in [2.05, 4.69) is 0 Å². The average molecular weight is 257 g/mol. The Kier molecular flexibility index (Phi) is 4.53. The molecule has 98 valence electrons. The number of benzene rings is 2. The van der Waals surface area contributed by atoms with Crippen LogP contribution in [-0.2, 0) is 16.2 Å². The smallest absolute Gasteiger partial charge is 0.439 e. The number of hydrogen-bond donors (Lipinski definition) is 0. The van der Waals surface area contributed by atoms with Gasteiger partial charge in [-0.25, -0.2) is 4.79 Å². The third-order valence-corrected chi connectivity index (χ3v) is 2.54. The van der Waals surface area contributed by atoms with Crippen molar-refractivity contribution in [3.8, 4) is 0 Å². The second-order valence-corrected chi connectivity index (χ2v) is 3.85. The maximum Gasteiger partial charge on any atom is 0.439 e. The third-order valence-electron chi connectivity index (χ3n) is 2.54. The first-order valence-electron chi connectivity index (χ1n) is 5.91. The molecule has 2 aromatic carbocycles. The van der Waals surface area contributed by atoms with Crippen LogP contribution in [0.1, 0.15) is 5.56 Å². The first kappa shape index (κ1) is 13.1. The molecule has 0 aliphatic rings. The fraction of sp³-hybridized carbons (Fsp3) is 0.133. The topological polar surface area (TPSA) is 38.8 Å². The molecule has 4 heteroatoms. The van der Waals surface area contributed by atoms with Gasteiger partial charge in [-0.3, -0.25) is 4.84 Å². The molecule has 0 fully saturated rings. The zero-order chi connectivity index (χ0) is 13.5. The van der Waals surface area contributed by atoms with Gasteiger partial charge in [0.2, 0.25) is 0 Å². The van der Waals surface area contributed by atoms with Crippen LogP contribution in [0.15, 0.2) is 60.7 Å². The molecule has 0 radical (unpaired) electrons. The molecule has 0 saturated carbocycles. The SMILES string of the molecule is CON(C(=O)OCc1ccccc1)c1ccccc1. The van der Waals surface area contributed by atoms with E-state index in [0.717, 1.165) is 10.6 Å². The number of nitrogens with zero attached hydrogens (tertiary/aromatic N) is 1. The second kappa shape index (κ2) is 6.56. The van der Waals surface area contributed by atoms with Crippen LogP contribution < -0.4 is 5.06 Å². The zero-order valence-corrected chi connectivity index (χ0v) is 10.7. The molecule has 0 aliphatic carbocycles. The molecule has 0 aromatic heterocycles. The summed E-state index contributed by atoms with van der Waals surface area (Å²) in [5, 5.41) is 1.11. The van der Waals surface area contributed by atoms with Gasteiger partial charge in [0.05, 0.1) is 12.8 Å². The summed E-state index contributed by atoms with van der Waals surface area (Å²) >= 11 is 0. The molecule has 0 heterocycles. The maximum atomic E-state index is 11.9. The van der Waals surface area contributed by atoms with Crippen LogP contribution in [0.4, 0.5) is 10.5 Å². The summed E-state index contributed by atoms with van der Waals surface area (Å²) < 4.78 is 5.20. The minimum Gasteiger partial charge on any atom is -0.443 e. The van der Waals surface area contributed by atoms with Crippen LogP contribution in [0.2, 0.25) is 0 Å². The third kappa shape index (κ3) is 3.56. The standard InChI is InChI=1S/C15H15NO3/c1-18-16(14-10-6-3-7-11-14)15(17)19-12-13-8-4-2-5-9-13/h2-11H,12H2,1H3. The Labute approximate surface area is 112 Å². The van der Waals surface area contributed by atoms with E-state index < -0.39 is 6.09 Å². The van der Waals surface area contributed by atoms with Gasteiger partial charge in [-0.05, 0) is 17.7 Å². The normalized spacial score (nSPS) is 9.95. The fourth-order valence-corrected chi connectivity index (χ4v) is 1.63. The van der Waals surface area contributed by atoms with Crippen LogP contribution in [-0.4, -0.2) is 13.2 Å². The lowest BCUT2D eigenvalue weighted by Crippen LogP contribution is -2.30. The predicted molar refractivity (Wildman–Crippen MR) is 72.6 cm³/mol. The highest BCUT2D eigenvalue weighted by Gasteiger charge is 2.16. The largest absolute Gasteiger partial charge is 0.443 e.